The highest BCUT2D eigenvalue weighted by molar-refractivity contribution is 5.79. The van der Waals surface area contributed by atoms with E-state index in [1.807, 2.05) is 89.8 Å². The average molecular weight is 436 g/mol. The highest BCUT2D eigenvalue weighted by atomic mass is 16.6. The topological polar surface area (TPSA) is 90.0 Å². The summed E-state index contributed by atoms with van der Waals surface area (Å²) in [4.78, 5) is 26.9. The number of imidazole rings is 1. The molecule has 33 heavy (non-hydrogen) atoms. The minimum atomic E-state index is -0.414. The first kappa shape index (κ1) is 20.3. The lowest BCUT2D eigenvalue weighted by Crippen LogP contribution is -2.25. The van der Waals surface area contributed by atoms with Crippen LogP contribution in [0.3, 0.4) is 0 Å². The van der Waals surface area contributed by atoms with E-state index in [4.69, 9.17) is 0 Å². The molecule has 5 aromatic rings. The van der Waals surface area contributed by atoms with Crippen molar-refractivity contribution in [2.75, 3.05) is 4.90 Å². The molecule has 2 aromatic heterocycles. The van der Waals surface area contributed by atoms with Gasteiger partial charge in [-0.05, 0) is 23.3 Å². The van der Waals surface area contributed by atoms with E-state index in [2.05, 4.69) is 15.0 Å². The predicted molar refractivity (Wildman–Crippen MR) is 126 cm³/mol. The normalized spacial score (nSPS) is 10.9. The number of hydrogen-bond donors (Lipinski definition) is 0. The number of aromatic nitrogens is 4. The molecule has 0 aliphatic heterocycles. The van der Waals surface area contributed by atoms with Crippen molar-refractivity contribution in [1.82, 2.24) is 19.5 Å². The van der Waals surface area contributed by atoms with Gasteiger partial charge in [-0.15, -0.1) is 0 Å². The zero-order valence-electron chi connectivity index (χ0n) is 17.7. The van der Waals surface area contributed by atoms with Gasteiger partial charge in [0.2, 0.25) is 11.6 Å². The maximum atomic E-state index is 12.3. The Labute approximate surface area is 190 Å². The largest absolute Gasteiger partial charge is 0.354 e. The van der Waals surface area contributed by atoms with Crippen molar-refractivity contribution in [3.63, 3.8) is 0 Å². The van der Waals surface area contributed by atoms with Crippen LogP contribution < -0.4 is 4.90 Å². The van der Waals surface area contributed by atoms with E-state index >= 15 is 0 Å². The summed E-state index contributed by atoms with van der Waals surface area (Å²) in [5.41, 5.74) is 3.36. The fraction of sp³-hybridized carbons (Fsp3) is 0.0800. The quantitative estimate of drug-likeness (QED) is 0.265. The first-order valence-corrected chi connectivity index (χ1v) is 10.5. The molecule has 0 bridgehead atoms. The number of fused-ring (bicyclic) bond motifs is 1. The zero-order chi connectivity index (χ0) is 22.6. The molecule has 162 valence electrons. The molecule has 8 nitrogen and oxygen atoms in total. The van der Waals surface area contributed by atoms with E-state index in [-0.39, 0.29) is 17.3 Å². The molecule has 0 radical (unpaired) electrons. The molecule has 0 saturated heterocycles. The number of anilines is 1. The van der Waals surface area contributed by atoms with Gasteiger partial charge in [0.15, 0.2) is 0 Å². The first-order valence-electron chi connectivity index (χ1n) is 10.5. The first-order chi connectivity index (χ1) is 16.2. The molecule has 0 atom stereocenters. The molecule has 8 heteroatoms. The summed E-state index contributed by atoms with van der Waals surface area (Å²) < 4.78 is 1.64. The van der Waals surface area contributed by atoms with Crippen molar-refractivity contribution in [3.05, 3.63) is 119 Å². The molecule has 0 aliphatic rings. The van der Waals surface area contributed by atoms with Crippen LogP contribution in [-0.4, -0.2) is 24.4 Å². The molecule has 0 saturated carbocycles. The fourth-order valence-corrected chi connectivity index (χ4v) is 3.87. The molecule has 0 aliphatic carbocycles. The Bertz CT molecular complexity index is 1360. The van der Waals surface area contributed by atoms with E-state index in [1.54, 1.807) is 10.9 Å². The van der Waals surface area contributed by atoms with Gasteiger partial charge in [0.1, 0.15) is 12.7 Å². The number of nitro groups is 1. The Morgan fingerprint density at radius 2 is 1.39 bits per heavy atom. The number of benzene rings is 3. The van der Waals surface area contributed by atoms with E-state index < -0.39 is 4.92 Å². The summed E-state index contributed by atoms with van der Waals surface area (Å²) in [5.74, 6) is 0.445. The van der Waals surface area contributed by atoms with Crippen molar-refractivity contribution < 1.29 is 4.92 Å². The van der Waals surface area contributed by atoms with Crippen LogP contribution in [-0.2, 0) is 13.1 Å². The molecule has 0 amide bonds. The predicted octanol–water partition coefficient (Wildman–Crippen LogP) is 4.93. The van der Waals surface area contributed by atoms with Crippen molar-refractivity contribution >= 4 is 22.5 Å². The van der Waals surface area contributed by atoms with Crippen LogP contribution in [0.5, 0.6) is 0 Å². The van der Waals surface area contributed by atoms with Crippen molar-refractivity contribution in [3.8, 4) is 5.82 Å². The molecular formula is C25H20N6O2. The monoisotopic (exact) mass is 436 g/mol. The molecular weight excluding hydrogens is 416 g/mol. The van der Waals surface area contributed by atoms with Crippen LogP contribution in [0.1, 0.15) is 11.1 Å². The van der Waals surface area contributed by atoms with Crippen LogP contribution >= 0.6 is 0 Å². The number of nitrogens with zero attached hydrogens (tertiary/aromatic N) is 6. The van der Waals surface area contributed by atoms with Gasteiger partial charge in [0, 0.05) is 13.1 Å². The molecule has 5 rings (SSSR count). The molecule has 3 aromatic carbocycles. The maximum absolute atomic E-state index is 12.3. The Hall–Kier alpha value is -4.59. The van der Waals surface area contributed by atoms with E-state index in [0.29, 0.717) is 13.1 Å². The van der Waals surface area contributed by atoms with Crippen molar-refractivity contribution in [2.24, 2.45) is 0 Å². The molecule has 0 spiro atoms. The summed E-state index contributed by atoms with van der Waals surface area (Å²) >= 11 is 0. The van der Waals surface area contributed by atoms with Gasteiger partial charge >= 0.3 is 5.69 Å². The number of para-hydroxylation sites is 2. The summed E-state index contributed by atoms with van der Waals surface area (Å²) in [7, 11) is 0. The fourth-order valence-electron chi connectivity index (χ4n) is 3.87. The third-order valence-corrected chi connectivity index (χ3v) is 5.38. The maximum Gasteiger partial charge on any atom is 0.354 e. The highest BCUT2D eigenvalue weighted by Crippen LogP contribution is 2.34. The molecule has 0 unspecified atom stereocenters. The van der Waals surface area contributed by atoms with Crippen LogP contribution in [0.4, 0.5) is 11.5 Å². The lowest BCUT2D eigenvalue weighted by atomic mass is 10.1. The second kappa shape index (κ2) is 8.88. The lowest BCUT2D eigenvalue weighted by molar-refractivity contribution is -0.384. The summed E-state index contributed by atoms with van der Waals surface area (Å²) in [6.45, 7) is 0.912. The van der Waals surface area contributed by atoms with Gasteiger partial charge in [-0.2, -0.15) is 0 Å². The standard InChI is InChI=1S/C25H20N6O2/c32-31(33)23-24(26-17-27-25(23)30-18-28-21-13-7-8-14-22(21)30)29(15-19-9-3-1-4-10-19)16-20-11-5-2-6-12-20/h1-14,17-18H,15-16H2. The Kier molecular flexibility index (Phi) is 5.47. The number of hydrogen-bond acceptors (Lipinski definition) is 6. The minimum Gasteiger partial charge on any atom is -0.342 e. The van der Waals surface area contributed by atoms with Crippen LogP contribution in [0.25, 0.3) is 16.9 Å². The van der Waals surface area contributed by atoms with Gasteiger partial charge in [0.25, 0.3) is 0 Å². The van der Waals surface area contributed by atoms with E-state index in [1.165, 1.54) is 6.33 Å². The van der Waals surface area contributed by atoms with Gasteiger partial charge in [-0.1, -0.05) is 72.8 Å². The zero-order valence-corrected chi connectivity index (χ0v) is 17.7. The van der Waals surface area contributed by atoms with Crippen molar-refractivity contribution in [1.29, 1.82) is 0 Å². The van der Waals surface area contributed by atoms with E-state index in [9.17, 15) is 10.1 Å². The Balaban J connectivity index is 1.65. The lowest BCUT2D eigenvalue weighted by Gasteiger charge is -2.24. The second-order valence-corrected chi connectivity index (χ2v) is 7.56. The molecule has 2 heterocycles. The van der Waals surface area contributed by atoms with Crippen LogP contribution in [0, 0.1) is 10.1 Å². The summed E-state index contributed by atoms with van der Waals surface area (Å²) in [6.07, 6.45) is 2.93. The van der Waals surface area contributed by atoms with Crippen molar-refractivity contribution in [2.45, 2.75) is 13.1 Å². The average Bonchev–Trinajstić information content (AvgIpc) is 3.28. The Morgan fingerprint density at radius 1 is 0.788 bits per heavy atom. The van der Waals surface area contributed by atoms with Gasteiger partial charge in [-0.3, -0.25) is 14.7 Å². The summed E-state index contributed by atoms with van der Waals surface area (Å²) in [6, 6.07) is 27.1. The highest BCUT2D eigenvalue weighted by Gasteiger charge is 2.29. The SMILES string of the molecule is O=[N+]([O-])c1c(N(Cc2ccccc2)Cc2ccccc2)ncnc1-n1cnc2ccccc21. The van der Waals surface area contributed by atoms with E-state index in [0.717, 1.165) is 22.2 Å². The minimum absolute atomic E-state index is 0.160. The molecule has 0 N–H and O–H groups in total. The third-order valence-electron chi connectivity index (χ3n) is 5.38. The van der Waals surface area contributed by atoms with Crippen LogP contribution in [0.15, 0.2) is 97.6 Å². The molecule has 0 fully saturated rings. The Morgan fingerprint density at radius 3 is 2.03 bits per heavy atom. The second-order valence-electron chi connectivity index (χ2n) is 7.56. The summed E-state index contributed by atoms with van der Waals surface area (Å²) in [5, 5.41) is 12.3. The van der Waals surface area contributed by atoms with Gasteiger partial charge in [-0.25, -0.2) is 15.0 Å². The van der Waals surface area contributed by atoms with Gasteiger partial charge < -0.3 is 4.90 Å². The van der Waals surface area contributed by atoms with Crippen LogP contribution in [0.2, 0.25) is 0 Å². The van der Waals surface area contributed by atoms with Gasteiger partial charge in [0.05, 0.1) is 16.0 Å². The smallest absolute Gasteiger partial charge is 0.342 e. The third kappa shape index (κ3) is 4.14. The number of rotatable bonds is 7.